The molecular formula is C27H26N6O5S. The Hall–Kier alpha value is -4.32. The van der Waals surface area contributed by atoms with Crippen molar-refractivity contribution in [3.8, 4) is 0 Å². The topological polar surface area (TPSA) is 152 Å². The van der Waals surface area contributed by atoms with Crippen molar-refractivity contribution in [2.24, 2.45) is 0 Å². The average molecular weight is 547 g/mol. The van der Waals surface area contributed by atoms with Gasteiger partial charge in [0, 0.05) is 18.3 Å². The number of carbonyl (C=O) groups excluding carboxylic acids is 1. The van der Waals surface area contributed by atoms with Crippen molar-refractivity contribution >= 4 is 45.1 Å². The fourth-order valence-electron chi connectivity index (χ4n) is 5.51. The highest BCUT2D eigenvalue weighted by Crippen LogP contribution is 2.38. The first-order valence-corrected chi connectivity index (χ1v) is 14.0. The van der Waals surface area contributed by atoms with Gasteiger partial charge in [0.05, 0.1) is 15.5 Å². The summed E-state index contributed by atoms with van der Waals surface area (Å²) in [5, 5.41) is 24.8. The summed E-state index contributed by atoms with van der Waals surface area (Å²) in [5.74, 6) is 0. The number of hydrogen-bond donors (Lipinski definition) is 3. The van der Waals surface area contributed by atoms with E-state index in [1.54, 1.807) is 18.2 Å². The van der Waals surface area contributed by atoms with Crippen LogP contribution in [0.3, 0.4) is 0 Å². The fourth-order valence-corrected chi connectivity index (χ4v) is 6.23. The molecule has 3 N–H and O–H groups in total. The van der Waals surface area contributed by atoms with Gasteiger partial charge in [-0.15, -0.1) is 0 Å². The van der Waals surface area contributed by atoms with Crippen LogP contribution >= 0.6 is 0 Å². The van der Waals surface area contributed by atoms with Crippen molar-refractivity contribution < 1.29 is 18.6 Å². The molecule has 0 saturated carbocycles. The van der Waals surface area contributed by atoms with E-state index in [1.165, 1.54) is 28.3 Å². The molecule has 12 heteroatoms. The molecule has 39 heavy (non-hydrogen) atoms. The van der Waals surface area contributed by atoms with Crippen LogP contribution in [0.4, 0.5) is 21.9 Å². The lowest BCUT2D eigenvalue weighted by Crippen LogP contribution is -2.31. The third-order valence-corrected chi connectivity index (χ3v) is 8.43. The second-order valence-corrected chi connectivity index (χ2v) is 10.9. The number of fused-ring (bicyclic) bond motifs is 3. The number of urea groups is 1. The van der Waals surface area contributed by atoms with Crippen molar-refractivity contribution in [2.45, 2.75) is 49.8 Å². The van der Waals surface area contributed by atoms with E-state index in [1.807, 2.05) is 12.1 Å². The van der Waals surface area contributed by atoms with Gasteiger partial charge in [0.25, 0.3) is 0 Å². The maximum Gasteiger partial charge on any atom is 0.331 e. The van der Waals surface area contributed by atoms with Crippen LogP contribution in [0.25, 0.3) is 11.0 Å². The lowest BCUT2D eigenvalue weighted by Gasteiger charge is -2.16. The zero-order valence-electron chi connectivity index (χ0n) is 21.0. The van der Waals surface area contributed by atoms with Gasteiger partial charge in [0.2, 0.25) is 5.52 Å². The fraction of sp³-hybridized carbons (Fsp3) is 0.296. The number of nitrogens with one attached hydrogen (secondary N) is 3. The predicted molar refractivity (Wildman–Crippen MR) is 146 cm³/mol. The van der Waals surface area contributed by atoms with Crippen LogP contribution in [0.15, 0.2) is 52.0 Å². The molecule has 1 atom stereocenters. The van der Waals surface area contributed by atoms with Gasteiger partial charge in [-0.05, 0) is 101 Å². The first-order chi connectivity index (χ1) is 19.0. The second kappa shape index (κ2) is 10.4. The van der Waals surface area contributed by atoms with Crippen molar-refractivity contribution in [2.75, 3.05) is 17.2 Å². The Kier molecular flexibility index (Phi) is 6.69. The van der Waals surface area contributed by atoms with E-state index in [4.69, 9.17) is 0 Å². The van der Waals surface area contributed by atoms with Gasteiger partial charge in [-0.3, -0.25) is 14.8 Å². The molecule has 2 amide bonds. The summed E-state index contributed by atoms with van der Waals surface area (Å²) >= 11 is 0. The zero-order valence-corrected chi connectivity index (χ0v) is 21.8. The number of aromatic nitrogens is 2. The van der Waals surface area contributed by atoms with Crippen LogP contribution in [0.2, 0.25) is 0 Å². The summed E-state index contributed by atoms with van der Waals surface area (Å²) in [4.78, 5) is 23.9. The van der Waals surface area contributed by atoms with Gasteiger partial charge in [-0.25, -0.2) is 13.6 Å². The number of nitrogens with zero attached hydrogens (tertiary/aromatic N) is 3. The smallest absolute Gasteiger partial charge is 0.331 e. The summed E-state index contributed by atoms with van der Waals surface area (Å²) in [5.41, 5.74) is 7.81. The standard InChI is InChI=1S/C27H26N6O5S/c34-27(29-24-20-5-1-3-17(20)15-18-4-2-6-21(18)24)32-39(37)19-9-7-16(8-10-19)13-14-28-22-11-12-23(33(35)36)26-25(22)30-38-31-26/h7-12,15,28H,1-6,13-14H2,(H2,29,32,34). The van der Waals surface area contributed by atoms with E-state index >= 15 is 0 Å². The normalized spacial score (nSPS) is 14.6. The van der Waals surface area contributed by atoms with Gasteiger partial charge in [0.15, 0.2) is 16.5 Å². The molecule has 0 saturated heterocycles. The molecule has 2 aliphatic rings. The Morgan fingerprint density at radius 3 is 2.36 bits per heavy atom. The largest absolute Gasteiger partial charge is 0.383 e. The highest BCUT2D eigenvalue weighted by molar-refractivity contribution is 7.83. The maximum absolute atomic E-state index is 12.9. The van der Waals surface area contributed by atoms with E-state index in [0.717, 1.165) is 49.8 Å². The number of nitro benzene ring substituents is 1. The number of carbonyl (C=O) groups is 1. The van der Waals surface area contributed by atoms with Gasteiger partial charge >= 0.3 is 11.7 Å². The molecule has 0 spiro atoms. The predicted octanol–water partition coefficient (Wildman–Crippen LogP) is 4.61. The first kappa shape index (κ1) is 25.0. The van der Waals surface area contributed by atoms with Crippen molar-refractivity contribution in [1.29, 1.82) is 0 Å². The highest BCUT2D eigenvalue weighted by Gasteiger charge is 2.25. The molecule has 1 unspecified atom stereocenters. The quantitative estimate of drug-likeness (QED) is 0.214. The molecule has 2 aliphatic carbocycles. The van der Waals surface area contributed by atoms with Gasteiger partial charge in [-0.2, -0.15) is 0 Å². The molecule has 6 rings (SSSR count). The van der Waals surface area contributed by atoms with E-state index in [9.17, 15) is 19.1 Å². The zero-order chi connectivity index (χ0) is 26.9. The van der Waals surface area contributed by atoms with Crippen molar-refractivity contribution in [3.05, 3.63) is 80.4 Å². The number of aryl methyl sites for hydroxylation is 2. The number of benzene rings is 3. The summed E-state index contributed by atoms with van der Waals surface area (Å²) in [6.45, 7) is 0.522. The summed E-state index contributed by atoms with van der Waals surface area (Å²) < 4.78 is 20.1. The molecule has 0 aliphatic heterocycles. The first-order valence-electron chi connectivity index (χ1n) is 12.9. The number of anilines is 2. The van der Waals surface area contributed by atoms with Crippen LogP contribution < -0.4 is 15.4 Å². The molecule has 0 radical (unpaired) electrons. The lowest BCUT2D eigenvalue weighted by atomic mass is 9.99. The molecule has 0 fully saturated rings. The minimum Gasteiger partial charge on any atom is -0.383 e. The SMILES string of the molecule is O=C(Nc1c2c(cc3c1CCC3)CCC2)NS(=O)c1ccc(CCNc2ccc([N+](=O)[O-])c3nonc23)cc1. The Bertz CT molecular complexity index is 1590. The number of rotatable bonds is 8. The molecular weight excluding hydrogens is 520 g/mol. The molecule has 3 aromatic carbocycles. The Morgan fingerprint density at radius 1 is 0.974 bits per heavy atom. The molecule has 200 valence electrons. The lowest BCUT2D eigenvalue weighted by molar-refractivity contribution is -0.383. The molecule has 4 aromatic rings. The molecule has 11 nitrogen and oxygen atoms in total. The Balaban J connectivity index is 1.05. The van der Waals surface area contributed by atoms with E-state index in [-0.39, 0.29) is 11.2 Å². The third-order valence-electron chi connectivity index (χ3n) is 7.35. The van der Waals surface area contributed by atoms with E-state index in [2.05, 4.69) is 36.4 Å². The van der Waals surface area contributed by atoms with Crippen LogP contribution in [0.5, 0.6) is 0 Å². The maximum atomic E-state index is 12.9. The second-order valence-electron chi connectivity index (χ2n) is 9.73. The van der Waals surface area contributed by atoms with Crippen LogP contribution in [0, 0.1) is 10.1 Å². The van der Waals surface area contributed by atoms with Gasteiger partial charge < -0.3 is 10.6 Å². The van der Waals surface area contributed by atoms with Gasteiger partial charge in [0.1, 0.15) is 0 Å². The minimum absolute atomic E-state index is 0.0920. The number of hydrogen-bond acceptors (Lipinski definition) is 8. The molecule has 0 bridgehead atoms. The monoisotopic (exact) mass is 546 g/mol. The molecule has 1 heterocycles. The van der Waals surface area contributed by atoms with Crippen LogP contribution in [-0.4, -0.2) is 32.0 Å². The average Bonchev–Trinajstić information content (AvgIpc) is 3.69. The Labute approximate surface area is 226 Å². The van der Waals surface area contributed by atoms with E-state index < -0.39 is 21.9 Å². The number of amides is 2. The Morgan fingerprint density at radius 2 is 1.67 bits per heavy atom. The number of non-ortho nitro benzene ring substituents is 1. The minimum atomic E-state index is -1.70. The van der Waals surface area contributed by atoms with Gasteiger partial charge in [-0.1, -0.05) is 18.2 Å². The van der Waals surface area contributed by atoms with Crippen molar-refractivity contribution in [1.82, 2.24) is 15.0 Å². The number of nitro groups is 1. The molecule has 1 aromatic heterocycles. The van der Waals surface area contributed by atoms with Crippen LogP contribution in [0.1, 0.15) is 40.7 Å². The van der Waals surface area contributed by atoms with Crippen LogP contribution in [-0.2, 0) is 43.1 Å². The summed E-state index contributed by atoms with van der Waals surface area (Å²) in [6, 6.07) is 12.0. The summed E-state index contributed by atoms with van der Waals surface area (Å²) in [6.07, 6.45) is 6.83. The highest BCUT2D eigenvalue weighted by atomic mass is 32.2. The van der Waals surface area contributed by atoms with E-state index in [0.29, 0.717) is 29.1 Å². The third kappa shape index (κ3) is 4.94. The van der Waals surface area contributed by atoms with Crippen molar-refractivity contribution in [3.63, 3.8) is 0 Å². The summed E-state index contributed by atoms with van der Waals surface area (Å²) in [7, 11) is -1.70.